The first-order valence-corrected chi connectivity index (χ1v) is 11.4. The van der Waals surface area contributed by atoms with Crippen LogP contribution in [0.25, 0.3) is 0 Å². The van der Waals surface area contributed by atoms with E-state index >= 15 is 0 Å². The first-order chi connectivity index (χ1) is 11.0. The topological polar surface area (TPSA) is 47.9 Å². The number of methoxy groups -OCH3 is 1. The zero-order chi connectivity index (χ0) is 18.4. The third kappa shape index (κ3) is 6.20. The average Bonchev–Trinajstić information content (AvgIpc) is 2.53. The monoisotopic (exact) mass is 354 g/mol. The van der Waals surface area contributed by atoms with Gasteiger partial charge < -0.3 is 19.0 Å². The van der Waals surface area contributed by atoms with E-state index in [1.54, 1.807) is 7.11 Å². The fourth-order valence-corrected chi connectivity index (χ4v) is 2.98. The molecule has 0 heterocycles. The van der Waals surface area contributed by atoms with Crippen molar-refractivity contribution in [3.8, 4) is 5.75 Å². The van der Waals surface area contributed by atoms with E-state index < -0.39 is 8.32 Å². The minimum Gasteiger partial charge on any atom is -0.497 e. The van der Waals surface area contributed by atoms with Crippen LogP contribution in [0.4, 0.5) is 0 Å². The number of ether oxygens (including phenoxy) is 2. The molecule has 0 fully saturated rings. The number of hydrogen-bond donors (Lipinski definition) is 1. The van der Waals surface area contributed by atoms with Crippen molar-refractivity contribution in [3.63, 3.8) is 0 Å². The largest absolute Gasteiger partial charge is 0.497 e. The van der Waals surface area contributed by atoms with Crippen molar-refractivity contribution in [1.29, 1.82) is 0 Å². The lowest BCUT2D eigenvalue weighted by Gasteiger charge is -2.39. The predicted octanol–water partition coefficient (Wildman–Crippen LogP) is 4.23. The molecule has 0 radical (unpaired) electrons. The summed E-state index contributed by atoms with van der Waals surface area (Å²) < 4.78 is 17.2. The first kappa shape index (κ1) is 21.2. The fourth-order valence-electron chi connectivity index (χ4n) is 1.84. The smallest absolute Gasteiger partial charge is 0.192 e. The molecule has 24 heavy (non-hydrogen) atoms. The van der Waals surface area contributed by atoms with Crippen LogP contribution in [0.5, 0.6) is 5.75 Å². The van der Waals surface area contributed by atoms with Crippen LogP contribution in [0.15, 0.2) is 24.3 Å². The highest BCUT2D eigenvalue weighted by atomic mass is 28.4. The highest BCUT2D eigenvalue weighted by Gasteiger charge is 2.39. The Labute approximate surface area is 148 Å². The fraction of sp³-hybridized carbons (Fsp3) is 0.684. The summed E-state index contributed by atoms with van der Waals surface area (Å²) in [6, 6.07) is 7.82. The Kier molecular flexibility index (Phi) is 7.47. The summed E-state index contributed by atoms with van der Waals surface area (Å²) in [7, 11) is -0.172. The molecule has 0 aliphatic rings. The van der Waals surface area contributed by atoms with Crippen LogP contribution in [-0.2, 0) is 15.8 Å². The molecule has 0 aliphatic heterocycles. The van der Waals surface area contributed by atoms with E-state index in [1.807, 2.05) is 31.2 Å². The summed E-state index contributed by atoms with van der Waals surface area (Å²) >= 11 is 0. The second-order valence-electron chi connectivity index (χ2n) is 8.36. The second-order valence-corrected chi connectivity index (χ2v) is 13.2. The molecule has 0 amide bonds. The summed E-state index contributed by atoms with van der Waals surface area (Å²) in [6.45, 7) is 14.7. The summed E-state index contributed by atoms with van der Waals surface area (Å²) in [5.74, 6) is 0.835. The summed E-state index contributed by atoms with van der Waals surface area (Å²) in [5.41, 5.74) is 0.698. The molecule has 0 saturated carbocycles. The zero-order valence-corrected chi connectivity index (χ0v) is 17.3. The van der Waals surface area contributed by atoms with Gasteiger partial charge in [-0.15, -0.1) is 0 Å². The quantitative estimate of drug-likeness (QED) is 0.674. The molecule has 1 aromatic carbocycles. The first-order valence-electron chi connectivity index (χ1n) is 8.48. The molecule has 1 rings (SSSR count). The highest BCUT2D eigenvalue weighted by Crippen LogP contribution is 2.37. The SMILES string of the molecule is COc1ccc(COCC(C)(CO)CO[Si](C)(C)C(C)(C)C)cc1. The Morgan fingerprint density at radius 1 is 1.00 bits per heavy atom. The molecule has 1 atom stereocenters. The van der Waals surface area contributed by atoms with Crippen LogP contribution in [-0.4, -0.2) is 40.4 Å². The number of hydrogen-bond acceptors (Lipinski definition) is 4. The van der Waals surface area contributed by atoms with E-state index in [2.05, 4.69) is 33.9 Å². The zero-order valence-electron chi connectivity index (χ0n) is 16.3. The maximum atomic E-state index is 9.79. The maximum Gasteiger partial charge on any atom is 0.192 e. The Hall–Kier alpha value is -0.883. The van der Waals surface area contributed by atoms with Gasteiger partial charge in [0.05, 0.1) is 26.9 Å². The second kappa shape index (κ2) is 8.47. The lowest BCUT2D eigenvalue weighted by Crippen LogP contribution is -2.45. The molecule has 0 spiro atoms. The van der Waals surface area contributed by atoms with Gasteiger partial charge in [-0.1, -0.05) is 39.8 Å². The van der Waals surface area contributed by atoms with Crippen molar-refractivity contribution in [2.45, 2.75) is 52.4 Å². The Bertz CT molecular complexity index is 493. The molecular formula is C19H34O4Si. The van der Waals surface area contributed by atoms with Crippen molar-refractivity contribution in [3.05, 3.63) is 29.8 Å². The average molecular weight is 355 g/mol. The van der Waals surface area contributed by atoms with Crippen LogP contribution in [0.3, 0.4) is 0 Å². The molecule has 0 aliphatic carbocycles. The van der Waals surface area contributed by atoms with E-state index in [1.165, 1.54) is 0 Å². The number of aliphatic hydroxyl groups is 1. The van der Waals surface area contributed by atoms with Crippen LogP contribution in [0.2, 0.25) is 18.1 Å². The van der Waals surface area contributed by atoms with Gasteiger partial charge in [0.2, 0.25) is 0 Å². The minimum absolute atomic E-state index is 0.0459. The van der Waals surface area contributed by atoms with Gasteiger partial charge in [0, 0.05) is 12.0 Å². The molecular weight excluding hydrogens is 320 g/mol. The summed E-state index contributed by atoms with van der Waals surface area (Å²) in [4.78, 5) is 0. The summed E-state index contributed by atoms with van der Waals surface area (Å²) in [6.07, 6.45) is 0. The van der Waals surface area contributed by atoms with Crippen molar-refractivity contribution in [2.24, 2.45) is 5.41 Å². The van der Waals surface area contributed by atoms with Crippen LogP contribution in [0, 0.1) is 5.41 Å². The number of aliphatic hydroxyl groups excluding tert-OH is 1. The van der Waals surface area contributed by atoms with E-state index in [9.17, 15) is 5.11 Å². The molecule has 1 N–H and O–H groups in total. The van der Waals surface area contributed by atoms with Gasteiger partial charge in [0.15, 0.2) is 8.32 Å². The van der Waals surface area contributed by atoms with Gasteiger partial charge in [0.1, 0.15) is 5.75 Å². The van der Waals surface area contributed by atoms with Crippen LogP contribution < -0.4 is 4.74 Å². The van der Waals surface area contributed by atoms with Crippen molar-refractivity contribution < 1.29 is 19.0 Å². The molecule has 1 aromatic rings. The minimum atomic E-state index is -1.83. The van der Waals surface area contributed by atoms with E-state index in [-0.39, 0.29) is 17.1 Å². The van der Waals surface area contributed by atoms with Crippen LogP contribution in [0.1, 0.15) is 33.3 Å². The van der Waals surface area contributed by atoms with Gasteiger partial charge in [-0.05, 0) is 35.8 Å². The van der Waals surface area contributed by atoms with Crippen molar-refractivity contribution in [2.75, 3.05) is 26.9 Å². The van der Waals surface area contributed by atoms with Gasteiger partial charge in [-0.25, -0.2) is 0 Å². The maximum absolute atomic E-state index is 9.79. The van der Waals surface area contributed by atoms with Crippen molar-refractivity contribution >= 4 is 8.32 Å². The predicted molar refractivity (Wildman–Crippen MR) is 101 cm³/mol. The molecule has 1 unspecified atom stereocenters. The van der Waals surface area contributed by atoms with Crippen LogP contribution >= 0.6 is 0 Å². The molecule has 0 saturated heterocycles. The summed E-state index contributed by atoms with van der Waals surface area (Å²) in [5, 5.41) is 9.95. The van der Waals surface area contributed by atoms with Gasteiger partial charge in [-0.2, -0.15) is 0 Å². The van der Waals surface area contributed by atoms with E-state index in [4.69, 9.17) is 13.9 Å². The van der Waals surface area contributed by atoms with E-state index in [0.29, 0.717) is 19.8 Å². The molecule has 5 heteroatoms. The molecule has 0 bridgehead atoms. The lowest BCUT2D eigenvalue weighted by atomic mass is 9.94. The third-order valence-corrected chi connectivity index (χ3v) is 9.33. The number of benzene rings is 1. The van der Waals surface area contributed by atoms with E-state index in [0.717, 1.165) is 11.3 Å². The molecule has 4 nitrogen and oxygen atoms in total. The Morgan fingerprint density at radius 2 is 1.58 bits per heavy atom. The lowest BCUT2D eigenvalue weighted by molar-refractivity contribution is -0.0189. The number of rotatable bonds is 9. The molecule has 0 aromatic heterocycles. The third-order valence-electron chi connectivity index (χ3n) is 4.85. The Morgan fingerprint density at radius 3 is 2.04 bits per heavy atom. The Balaban J connectivity index is 2.52. The van der Waals surface area contributed by atoms with Gasteiger partial charge in [0.25, 0.3) is 0 Å². The van der Waals surface area contributed by atoms with Gasteiger partial charge in [-0.3, -0.25) is 0 Å². The van der Waals surface area contributed by atoms with Crippen molar-refractivity contribution in [1.82, 2.24) is 0 Å². The normalized spacial score (nSPS) is 15.2. The standard InChI is InChI=1S/C19H34O4Si/c1-18(2,3)24(6,7)23-15-19(4,13-20)14-22-12-16-8-10-17(21-5)11-9-16/h8-11,20H,12-15H2,1-7H3. The molecule has 138 valence electrons. The highest BCUT2D eigenvalue weighted by molar-refractivity contribution is 6.74. The van der Waals surface area contributed by atoms with Gasteiger partial charge >= 0.3 is 0 Å².